The molecule has 1 unspecified atom stereocenters. The molecule has 1 amide bonds. The monoisotopic (exact) mass is 466 g/mol. The molecule has 0 fully saturated rings. The Morgan fingerprint density at radius 3 is 2.06 bits per heavy atom. The highest BCUT2D eigenvalue weighted by Gasteiger charge is 2.26. The summed E-state index contributed by atoms with van der Waals surface area (Å²) in [6, 6.07) is 20.4. The third kappa shape index (κ3) is 6.74. The molecule has 0 aromatic heterocycles. The Bertz CT molecular complexity index is 1220. The Kier molecular flexibility index (Phi) is 7.63. The second-order valence-electron chi connectivity index (χ2n) is 7.78. The largest absolute Gasteiger partial charge is 0.446 e. The first-order valence-corrected chi connectivity index (χ1v) is 11.8. The van der Waals surface area contributed by atoms with E-state index in [0.717, 1.165) is 16.7 Å². The number of esters is 1. The fourth-order valence-electron chi connectivity index (χ4n) is 3.28. The van der Waals surface area contributed by atoms with E-state index in [1.54, 1.807) is 42.5 Å². The zero-order valence-electron chi connectivity index (χ0n) is 18.7. The fraction of sp³-hybridized carbons (Fsp3) is 0.200. The van der Waals surface area contributed by atoms with Crippen molar-refractivity contribution in [3.8, 4) is 0 Å². The van der Waals surface area contributed by atoms with Gasteiger partial charge in [0.15, 0.2) is 0 Å². The maximum absolute atomic E-state index is 13.0. The Labute approximate surface area is 193 Å². The van der Waals surface area contributed by atoms with Gasteiger partial charge in [-0.2, -0.15) is 4.72 Å². The number of nitrogens with one attached hydrogen (secondary N) is 2. The number of carbonyl (C=O) groups is 2. The van der Waals surface area contributed by atoms with E-state index in [9.17, 15) is 18.0 Å². The number of ether oxygens (including phenoxy) is 1. The van der Waals surface area contributed by atoms with Gasteiger partial charge >= 0.3 is 5.97 Å². The molecular formula is C25H26N2O5S. The van der Waals surface area contributed by atoms with Crippen molar-refractivity contribution in [1.29, 1.82) is 0 Å². The summed E-state index contributed by atoms with van der Waals surface area (Å²) in [5, 5.41) is 2.78. The summed E-state index contributed by atoms with van der Waals surface area (Å²) in [6.07, 6.45) is -1.25. The summed E-state index contributed by atoms with van der Waals surface area (Å²) in [5.41, 5.74) is 3.91. The highest BCUT2D eigenvalue weighted by Crippen LogP contribution is 2.21. The number of hydrogen-bond donors (Lipinski definition) is 2. The molecule has 0 aliphatic carbocycles. The van der Waals surface area contributed by atoms with Gasteiger partial charge in [-0.15, -0.1) is 0 Å². The Balaban J connectivity index is 1.73. The molecule has 0 spiro atoms. The van der Waals surface area contributed by atoms with Crippen LogP contribution in [0.4, 0.5) is 5.69 Å². The summed E-state index contributed by atoms with van der Waals surface area (Å²) >= 11 is 0. The lowest BCUT2D eigenvalue weighted by molar-refractivity contribution is -0.153. The first-order valence-electron chi connectivity index (χ1n) is 10.3. The van der Waals surface area contributed by atoms with E-state index in [4.69, 9.17) is 4.74 Å². The van der Waals surface area contributed by atoms with Crippen LogP contribution in [0, 0.1) is 20.8 Å². The number of aryl methyl sites for hydroxylation is 3. The van der Waals surface area contributed by atoms with E-state index in [2.05, 4.69) is 10.0 Å². The Morgan fingerprint density at radius 1 is 0.848 bits per heavy atom. The molecule has 2 N–H and O–H groups in total. The summed E-state index contributed by atoms with van der Waals surface area (Å²) in [6.45, 7) is 5.06. The van der Waals surface area contributed by atoms with Gasteiger partial charge in [-0.25, -0.2) is 8.42 Å². The quantitative estimate of drug-likeness (QED) is 0.492. The van der Waals surface area contributed by atoms with Crippen molar-refractivity contribution in [1.82, 2.24) is 4.72 Å². The summed E-state index contributed by atoms with van der Waals surface area (Å²) in [7, 11) is -3.90. The molecule has 3 aromatic rings. The van der Waals surface area contributed by atoms with Crippen molar-refractivity contribution in [3.63, 3.8) is 0 Å². The van der Waals surface area contributed by atoms with Crippen LogP contribution in [0.2, 0.25) is 0 Å². The lowest BCUT2D eigenvalue weighted by atomic mass is 10.1. The van der Waals surface area contributed by atoms with Crippen molar-refractivity contribution in [2.75, 3.05) is 11.9 Å². The second kappa shape index (κ2) is 10.4. The normalized spacial score (nSPS) is 12.1. The van der Waals surface area contributed by atoms with Gasteiger partial charge in [0.25, 0.3) is 5.91 Å². The number of anilines is 1. The Hall–Kier alpha value is -3.49. The molecule has 8 heteroatoms. The van der Waals surface area contributed by atoms with Crippen LogP contribution in [0.1, 0.15) is 28.4 Å². The van der Waals surface area contributed by atoms with Gasteiger partial charge in [0.2, 0.25) is 16.1 Å². The van der Waals surface area contributed by atoms with Crippen LogP contribution in [-0.4, -0.2) is 26.8 Å². The molecule has 0 aliphatic rings. The molecule has 1 atom stereocenters. The molecule has 172 valence electrons. The number of sulfonamides is 1. The van der Waals surface area contributed by atoms with E-state index in [1.165, 1.54) is 12.1 Å². The third-order valence-corrected chi connectivity index (χ3v) is 6.23. The number of amides is 1. The minimum absolute atomic E-state index is 0.0352. The summed E-state index contributed by atoms with van der Waals surface area (Å²) in [4.78, 5) is 25.5. The van der Waals surface area contributed by atoms with Crippen LogP contribution >= 0.6 is 0 Å². The van der Waals surface area contributed by atoms with Gasteiger partial charge in [0.1, 0.15) is 6.54 Å². The zero-order valence-corrected chi connectivity index (χ0v) is 19.5. The number of rotatable bonds is 8. The lowest BCUT2D eigenvalue weighted by Crippen LogP contribution is -2.33. The maximum atomic E-state index is 13.0. The van der Waals surface area contributed by atoms with E-state index in [-0.39, 0.29) is 4.90 Å². The SMILES string of the molecule is Cc1ccc(S(=O)(=O)NCC(=O)OC(C(=O)Nc2cc(C)cc(C)c2)c2ccccc2)cc1. The Morgan fingerprint density at radius 2 is 1.45 bits per heavy atom. The van der Waals surface area contributed by atoms with Gasteiger partial charge in [0.05, 0.1) is 4.90 Å². The van der Waals surface area contributed by atoms with Gasteiger partial charge < -0.3 is 10.1 Å². The highest BCUT2D eigenvalue weighted by atomic mass is 32.2. The predicted molar refractivity (Wildman–Crippen MR) is 126 cm³/mol. The molecule has 3 aromatic carbocycles. The minimum Gasteiger partial charge on any atom is -0.446 e. The molecule has 7 nitrogen and oxygen atoms in total. The predicted octanol–water partition coefficient (Wildman–Crippen LogP) is 3.81. The van der Waals surface area contributed by atoms with Gasteiger partial charge in [-0.1, -0.05) is 54.1 Å². The molecular weight excluding hydrogens is 440 g/mol. The molecule has 0 saturated heterocycles. The topological polar surface area (TPSA) is 102 Å². The van der Waals surface area contributed by atoms with Crippen molar-refractivity contribution in [2.24, 2.45) is 0 Å². The third-order valence-electron chi connectivity index (χ3n) is 4.82. The molecule has 3 rings (SSSR count). The molecule has 0 bridgehead atoms. The zero-order chi connectivity index (χ0) is 24.0. The van der Waals surface area contributed by atoms with Crippen molar-refractivity contribution in [2.45, 2.75) is 31.8 Å². The number of carbonyl (C=O) groups excluding carboxylic acids is 2. The van der Waals surface area contributed by atoms with Gasteiger partial charge in [-0.05, 0) is 56.2 Å². The van der Waals surface area contributed by atoms with Crippen LogP contribution in [0.25, 0.3) is 0 Å². The van der Waals surface area contributed by atoms with Crippen LogP contribution in [-0.2, 0) is 24.3 Å². The average Bonchev–Trinajstić information content (AvgIpc) is 2.76. The lowest BCUT2D eigenvalue weighted by Gasteiger charge is -2.19. The molecule has 33 heavy (non-hydrogen) atoms. The number of benzene rings is 3. The summed E-state index contributed by atoms with van der Waals surface area (Å²) < 4.78 is 32.5. The summed E-state index contributed by atoms with van der Waals surface area (Å²) in [5.74, 6) is -1.42. The van der Waals surface area contributed by atoms with Crippen LogP contribution in [0.3, 0.4) is 0 Å². The van der Waals surface area contributed by atoms with E-state index < -0.39 is 34.5 Å². The highest BCUT2D eigenvalue weighted by molar-refractivity contribution is 7.89. The van der Waals surface area contributed by atoms with Gasteiger partial charge in [-0.3, -0.25) is 9.59 Å². The maximum Gasteiger partial charge on any atom is 0.322 e. The molecule has 0 aliphatic heterocycles. The number of hydrogen-bond acceptors (Lipinski definition) is 5. The van der Waals surface area contributed by atoms with Crippen molar-refractivity contribution >= 4 is 27.6 Å². The molecule has 0 radical (unpaired) electrons. The van der Waals surface area contributed by atoms with E-state index in [1.807, 2.05) is 39.0 Å². The molecule has 0 heterocycles. The average molecular weight is 467 g/mol. The van der Waals surface area contributed by atoms with Gasteiger partial charge in [0, 0.05) is 11.3 Å². The minimum atomic E-state index is -3.90. The van der Waals surface area contributed by atoms with Crippen LogP contribution < -0.4 is 10.0 Å². The van der Waals surface area contributed by atoms with Crippen LogP contribution in [0.5, 0.6) is 0 Å². The smallest absolute Gasteiger partial charge is 0.322 e. The second-order valence-corrected chi connectivity index (χ2v) is 9.55. The van der Waals surface area contributed by atoms with Crippen molar-refractivity contribution in [3.05, 3.63) is 95.1 Å². The van der Waals surface area contributed by atoms with E-state index in [0.29, 0.717) is 11.3 Å². The first kappa shape index (κ1) is 24.2. The standard InChI is InChI=1S/C25H26N2O5S/c1-17-9-11-22(12-10-17)33(30,31)26-16-23(28)32-24(20-7-5-4-6-8-20)25(29)27-21-14-18(2)13-19(3)15-21/h4-15,24,26H,16H2,1-3H3,(H,27,29). The molecule has 0 saturated carbocycles. The van der Waals surface area contributed by atoms with Crippen LogP contribution in [0.15, 0.2) is 77.7 Å². The van der Waals surface area contributed by atoms with E-state index >= 15 is 0 Å². The fourth-order valence-corrected chi connectivity index (χ4v) is 4.25. The van der Waals surface area contributed by atoms with Crippen molar-refractivity contribution < 1.29 is 22.7 Å². The first-order chi connectivity index (χ1) is 15.6.